The third-order valence-electron chi connectivity index (χ3n) is 27.2. The molecule has 0 spiro atoms. The first kappa shape index (κ1) is 78.8. The average molecular weight is 1620 g/mol. The molecule has 6 heteroatoms. The molecule has 0 amide bonds. The lowest BCUT2D eigenvalue weighted by atomic mass is 9.82. The summed E-state index contributed by atoms with van der Waals surface area (Å²) in [6.45, 7) is 18.9. The molecule has 18 aromatic rings. The fraction of sp³-hybridized carbons (Fsp3) is 0.126. The smallest absolute Gasteiger partial charge is 0.0487 e. The minimum Gasteiger partial charge on any atom is -0.345 e. The van der Waals surface area contributed by atoms with Crippen molar-refractivity contribution < 1.29 is 0 Å². The number of rotatable bonds is 15. The normalized spacial score (nSPS) is 13.7. The van der Waals surface area contributed by atoms with E-state index < -0.39 is 0 Å². The van der Waals surface area contributed by atoms with Crippen molar-refractivity contribution in [3.8, 4) is 44.5 Å². The second kappa shape index (κ2) is 31.6. The summed E-state index contributed by atoms with van der Waals surface area (Å²) < 4.78 is 0. The Kier molecular flexibility index (Phi) is 19.9. The third kappa shape index (κ3) is 13.9. The summed E-state index contributed by atoms with van der Waals surface area (Å²) in [5.41, 5.74) is 38.9. The molecule has 4 aliphatic rings. The highest BCUT2D eigenvalue weighted by molar-refractivity contribution is 5.98. The summed E-state index contributed by atoms with van der Waals surface area (Å²) in [7, 11) is 6.54. The predicted octanol–water partition coefficient (Wildman–Crippen LogP) is 32.3. The van der Waals surface area contributed by atoms with Crippen LogP contribution in [0.4, 0.5) is 85.3 Å². The summed E-state index contributed by atoms with van der Waals surface area (Å²) in [5, 5.41) is 5.05. The van der Waals surface area contributed by atoms with Crippen LogP contribution >= 0.6 is 0 Å². The van der Waals surface area contributed by atoms with E-state index in [0.717, 1.165) is 34.1 Å². The van der Waals surface area contributed by atoms with E-state index in [1.807, 2.05) is 0 Å². The number of anilines is 15. The van der Waals surface area contributed by atoms with Crippen molar-refractivity contribution in [2.45, 2.75) is 77.0 Å². The van der Waals surface area contributed by atoms with Crippen LogP contribution in [0.1, 0.15) is 99.9 Å². The van der Waals surface area contributed by atoms with Gasteiger partial charge in [-0.15, -0.1) is 0 Å². The van der Waals surface area contributed by atoms with Gasteiger partial charge in [-0.3, -0.25) is 0 Å². The summed E-state index contributed by atoms with van der Waals surface area (Å²) in [6.07, 6.45) is 0. The molecule has 0 bridgehead atoms. The Labute approximate surface area is 737 Å². The van der Waals surface area contributed by atoms with E-state index in [2.05, 4.69) is 525 Å². The highest BCUT2D eigenvalue weighted by Crippen LogP contribution is 2.57. The molecule has 4 aliphatic carbocycles. The van der Waals surface area contributed by atoms with Crippen molar-refractivity contribution in [1.29, 1.82) is 0 Å². The SMILES string of the molecule is CN(c1ccc2c(c1)C(C)(C)c1cc(N(c3ccccc3)c3ccccc3)ccc1-2)c1ccc2ccccc2c1.CN(c1ccc2c(c1)C(C)(C)c1cc(N(c3ccccc3)c3ccccc3)ccc1-2)c1cccc2ccccc12.CN(c1ccc2c(c1)C(C)(C)c1ccccc1-2)c1ccc2c(c1)C(C)(C)c1cc(N(c3ccccc3)c3ccccc3)ccc1-2. The molecule has 22 rings (SSSR count). The van der Waals surface area contributed by atoms with E-state index in [9.17, 15) is 0 Å². The van der Waals surface area contributed by atoms with Gasteiger partial charge in [-0.05, 0) is 281 Å². The summed E-state index contributed by atoms with van der Waals surface area (Å²) >= 11 is 0. The zero-order chi connectivity index (χ0) is 85.5. The molecule has 6 nitrogen and oxygen atoms in total. The first-order chi connectivity index (χ1) is 60.8. The van der Waals surface area contributed by atoms with Crippen LogP contribution in [0.25, 0.3) is 66.1 Å². The molecule has 0 atom stereocenters. The Morgan fingerprint density at radius 3 is 0.728 bits per heavy atom. The zero-order valence-electron chi connectivity index (χ0n) is 73.0. The van der Waals surface area contributed by atoms with Crippen molar-refractivity contribution in [3.05, 3.63) is 463 Å². The van der Waals surface area contributed by atoms with E-state index in [1.165, 1.54) is 162 Å². The molecule has 0 aromatic heterocycles. The molecule has 608 valence electrons. The third-order valence-corrected chi connectivity index (χ3v) is 27.2. The van der Waals surface area contributed by atoms with Gasteiger partial charge in [0.25, 0.3) is 0 Å². The number of fused-ring (bicyclic) bond motifs is 14. The van der Waals surface area contributed by atoms with Crippen LogP contribution in [0.2, 0.25) is 0 Å². The monoisotopic (exact) mass is 1610 g/mol. The topological polar surface area (TPSA) is 19.4 Å². The van der Waals surface area contributed by atoms with E-state index in [0.29, 0.717) is 0 Å². The highest BCUT2D eigenvalue weighted by Gasteiger charge is 2.41. The van der Waals surface area contributed by atoms with Crippen molar-refractivity contribution in [1.82, 2.24) is 0 Å². The number of hydrogen-bond acceptors (Lipinski definition) is 6. The number of benzene rings is 18. The fourth-order valence-electron chi connectivity index (χ4n) is 20.2. The van der Waals surface area contributed by atoms with E-state index >= 15 is 0 Å². The van der Waals surface area contributed by atoms with Crippen LogP contribution in [0.3, 0.4) is 0 Å². The molecule has 0 fully saturated rings. The summed E-state index contributed by atoms with van der Waals surface area (Å²) in [5.74, 6) is 0. The van der Waals surface area contributed by atoms with Gasteiger partial charge >= 0.3 is 0 Å². The van der Waals surface area contributed by atoms with Gasteiger partial charge in [0.1, 0.15) is 0 Å². The maximum Gasteiger partial charge on any atom is 0.0487 e. The van der Waals surface area contributed by atoms with Crippen LogP contribution < -0.4 is 29.4 Å². The molecule has 0 N–H and O–H groups in total. The Morgan fingerprint density at radius 1 is 0.152 bits per heavy atom. The molecule has 18 aromatic carbocycles. The Morgan fingerprint density at radius 2 is 0.384 bits per heavy atom. The minimum absolute atomic E-state index is 0.0184. The number of hydrogen-bond donors (Lipinski definition) is 0. The Bertz CT molecular complexity index is 6970. The van der Waals surface area contributed by atoms with Crippen molar-refractivity contribution in [3.63, 3.8) is 0 Å². The minimum atomic E-state index is -0.141. The fourth-order valence-corrected chi connectivity index (χ4v) is 20.2. The number of nitrogens with zero attached hydrogens (tertiary/aromatic N) is 6. The second-order valence-electron chi connectivity index (χ2n) is 35.9. The molecular weight excluding hydrogens is 1510 g/mol. The lowest BCUT2D eigenvalue weighted by Gasteiger charge is -2.28. The lowest BCUT2D eigenvalue weighted by molar-refractivity contribution is 0.659. The van der Waals surface area contributed by atoms with Crippen molar-refractivity contribution in [2.24, 2.45) is 0 Å². The van der Waals surface area contributed by atoms with Crippen LogP contribution in [0.15, 0.2) is 419 Å². The Hall–Kier alpha value is -14.7. The summed E-state index contributed by atoms with van der Waals surface area (Å²) in [4.78, 5) is 14.0. The predicted molar refractivity (Wildman–Crippen MR) is 532 cm³/mol. The van der Waals surface area contributed by atoms with Gasteiger partial charge in [0, 0.05) is 133 Å². The Balaban J connectivity index is 0.000000119. The van der Waals surface area contributed by atoms with Crippen molar-refractivity contribution in [2.75, 3.05) is 50.5 Å². The molecular formula is C119H102N6. The van der Waals surface area contributed by atoms with Crippen LogP contribution in [-0.4, -0.2) is 21.1 Å². The van der Waals surface area contributed by atoms with Crippen LogP contribution in [0, 0.1) is 0 Å². The van der Waals surface area contributed by atoms with Crippen LogP contribution in [0.5, 0.6) is 0 Å². The van der Waals surface area contributed by atoms with Gasteiger partial charge in [0.05, 0.1) is 0 Å². The van der Waals surface area contributed by atoms with Gasteiger partial charge in [-0.2, -0.15) is 0 Å². The zero-order valence-corrected chi connectivity index (χ0v) is 73.0. The van der Waals surface area contributed by atoms with E-state index in [4.69, 9.17) is 0 Å². The molecule has 0 saturated heterocycles. The van der Waals surface area contributed by atoms with Gasteiger partial charge in [-0.1, -0.05) is 298 Å². The molecule has 0 heterocycles. The standard InChI is InChI=1S/C43H38N2.2C38H32N2/c1-42(2)38-19-13-12-18-34(38)35-23-20-31(26-39(35)42)44(5)32-21-24-36-37-25-22-33(28-41(37)43(3,4)40(36)27-32)45(29-14-8-6-9-15-29)30-16-10-7-11-17-30;1-38(2)35-25-30(39(3)37-20-12-14-27-13-10-11-19-32(27)37)21-23-33(35)34-24-22-31(26-36(34)38)40(28-15-6-4-7-16-28)29-17-8-5-9-18-29;1-38(2)36-25-32(39(3)31-19-18-27-12-10-11-13-28(27)24-31)20-22-34(36)35-23-21-33(26-37(35)38)40(29-14-6-4-7-15-29)30-16-8-5-9-17-30/h6-28H,1-5H3;2*4-26H,1-3H3. The first-order valence-corrected chi connectivity index (χ1v) is 43.8. The second-order valence-corrected chi connectivity index (χ2v) is 35.9. The van der Waals surface area contributed by atoms with Gasteiger partial charge < -0.3 is 29.4 Å². The largest absolute Gasteiger partial charge is 0.345 e. The lowest BCUT2D eigenvalue weighted by Crippen LogP contribution is -2.18. The van der Waals surface area contributed by atoms with Crippen molar-refractivity contribution >= 4 is 107 Å². The van der Waals surface area contributed by atoms with Gasteiger partial charge in [0.2, 0.25) is 0 Å². The molecule has 125 heavy (non-hydrogen) atoms. The first-order valence-electron chi connectivity index (χ1n) is 43.8. The van der Waals surface area contributed by atoms with Crippen LogP contribution in [-0.2, 0) is 21.7 Å². The van der Waals surface area contributed by atoms with Gasteiger partial charge in [0.15, 0.2) is 0 Å². The summed E-state index contributed by atoms with van der Waals surface area (Å²) in [6, 6.07) is 152. The maximum absolute atomic E-state index is 2.41. The maximum atomic E-state index is 2.41. The highest BCUT2D eigenvalue weighted by atomic mass is 15.2. The van der Waals surface area contributed by atoms with E-state index in [-0.39, 0.29) is 21.7 Å². The quantitative estimate of drug-likeness (QED) is 0.101. The van der Waals surface area contributed by atoms with Gasteiger partial charge in [-0.25, -0.2) is 0 Å². The average Bonchev–Trinajstić information content (AvgIpc) is 1.58. The van der Waals surface area contributed by atoms with E-state index in [1.54, 1.807) is 0 Å². The molecule has 0 radical (unpaired) electrons. The molecule has 0 unspecified atom stereocenters. The molecule has 0 saturated carbocycles. The number of para-hydroxylation sites is 6. The molecule has 0 aliphatic heterocycles.